The van der Waals surface area contributed by atoms with Gasteiger partial charge in [-0.1, -0.05) is 294 Å². The zero-order chi connectivity index (χ0) is 60.3. The van der Waals surface area contributed by atoms with Gasteiger partial charge in [-0.05, 0) is 89.9 Å². The Kier molecular flexibility index (Phi) is 57.5. The van der Waals surface area contributed by atoms with Crippen LogP contribution in [0.1, 0.15) is 335 Å². The molecule has 0 bridgehead atoms. The normalized spacial score (nSPS) is 19.3. The number of carbonyl (C=O) groups excluding carboxylic acids is 1. The summed E-state index contributed by atoms with van der Waals surface area (Å²) >= 11 is 0. The van der Waals surface area contributed by atoms with Crippen molar-refractivity contribution in [2.45, 2.75) is 390 Å². The first-order valence-corrected chi connectivity index (χ1v) is 35.5. The minimum absolute atomic E-state index is 0.241. The summed E-state index contributed by atoms with van der Waals surface area (Å²) in [5.74, 6) is -0.708. The van der Waals surface area contributed by atoms with Gasteiger partial charge in [-0.15, -0.1) is 0 Å². The standard InChI is InChI=1S/C72H135NO10/c1-3-5-7-9-11-13-15-17-19-21-23-25-27-28-29-30-31-32-33-34-35-36-37-38-40-42-44-46-48-50-52-54-56-58-60-65(76)71(81)73-63(62-82-72-70(80)69(79)68(78)66(61-74)83-72)67(77)64(75)59-57-55-53-51-49-47-45-43-41-39-26-24-22-20-18-16-14-12-10-8-6-4-2/h24,26,30-31,43,45,51,53,63-70,72,74-80H,3-23,25,27-29,32-42,44,46-50,52,54-62H2,1-2H3,(H,73,81)/b26-24+,31-30-,45-43+,53-51+. The van der Waals surface area contributed by atoms with Crippen LogP contribution in [0.2, 0.25) is 0 Å². The van der Waals surface area contributed by atoms with Crippen molar-refractivity contribution in [2.75, 3.05) is 13.2 Å². The van der Waals surface area contributed by atoms with Gasteiger partial charge in [0.2, 0.25) is 5.91 Å². The first-order chi connectivity index (χ1) is 40.7. The van der Waals surface area contributed by atoms with Crippen LogP contribution in [0.4, 0.5) is 0 Å². The van der Waals surface area contributed by atoms with Gasteiger partial charge >= 0.3 is 0 Å². The van der Waals surface area contributed by atoms with Gasteiger partial charge in [0.25, 0.3) is 0 Å². The Morgan fingerprint density at radius 3 is 1.07 bits per heavy atom. The predicted octanol–water partition coefficient (Wildman–Crippen LogP) is 17.1. The van der Waals surface area contributed by atoms with Crippen LogP contribution in [0.15, 0.2) is 48.6 Å². The summed E-state index contributed by atoms with van der Waals surface area (Å²) in [5.41, 5.74) is 0. The number of aliphatic hydroxyl groups excluding tert-OH is 7. The zero-order valence-corrected chi connectivity index (χ0v) is 53.9. The predicted molar refractivity (Wildman–Crippen MR) is 348 cm³/mol. The first kappa shape index (κ1) is 79.1. The highest BCUT2D eigenvalue weighted by Crippen LogP contribution is 2.24. The van der Waals surface area contributed by atoms with Gasteiger partial charge in [-0.2, -0.15) is 0 Å². The molecule has 1 fully saturated rings. The van der Waals surface area contributed by atoms with Crippen LogP contribution >= 0.6 is 0 Å². The Morgan fingerprint density at radius 1 is 0.410 bits per heavy atom. The fourth-order valence-corrected chi connectivity index (χ4v) is 11.4. The van der Waals surface area contributed by atoms with Crippen molar-refractivity contribution in [1.82, 2.24) is 5.32 Å². The molecule has 0 aliphatic carbocycles. The highest BCUT2D eigenvalue weighted by atomic mass is 16.7. The molecule has 0 radical (unpaired) electrons. The lowest BCUT2D eigenvalue weighted by Crippen LogP contribution is -2.60. The molecule has 11 nitrogen and oxygen atoms in total. The van der Waals surface area contributed by atoms with Crippen LogP contribution in [-0.2, 0) is 14.3 Å². The Hall–Kier alpha value is -1.93. The van der Waals surface area contributed by atoms with Crippen LogP contribution in [0, 0.1) is 0 Å². The van der Waals surface area contributed by atoms with Crippen molar-refractivity contribution in [3.8, 4) is 0 Å². The van der Waals surface area contributed by atoms with E-state index < -0.39 is 74.2 Å². The summed E-state index contributed by atoms with van der Waals surface area (Å²) in [7, 11) is 0. The molecule has 8 N–H and O–H groups in total. The van der Waals surface area contributed by atoms with E-state index in [1.807, 2.05) is 0 Å². The second-order valence-corrected chi connectivity index (χ2v) is 24.9. The monoisotopic (exact) mass is 1170 g/mol. The minimum Gasteiger partial charge on any atom is -0.394 e. The molecule has 9 atom stereocenters. The van der Waals surface area contributed by atoms with Gasteiger partial charge in [0.15, 0.2) is 6.29 Å². The maximum atomic E-state index is 13.2. The number of allylic oxidation sites excluding steroid dienone is 8. The van der Waals surface area contributed by atoms with Gasteiger partial charge in [0.05, 0.1) is 25.4 Å². The van der Waals surface area contributed by atoms with E-state index in [0.717, 1.165) is 44.9 Å². The molecule has 488 valence electrons. The summed E-state index contributed by atoms with van der Waals surface area (Å²) < 4.78 is 11.2. The van der Waals surface area contributed by atoms with Crippen molar-refractivity contribution in [2.24, 2.45) is 0 Å². The summed E-state index contributed by atoms with van der Waals surface area (Å²) in [6.07, 6.45) is 67.8. The van der Waals surface area contributed by atoms with Gasteiger partial charge in [0.1, 0.15) is 36.6 Å². The van der Waals surface area contributed by atoms with E-state index in [9.17, 15) is 40.5 Å². The van der Waals surface area contributed by atoms with E-state index >= 15 is 0 Å². The molecule has 11 heteroatoms. The largest absolute Gasteiger partial charge is 0.394 e. The molecule has 1 rings (SSSR count). The fourth-order valence-electron chi connectivity index (χ4n) is 11.4. The van der Waals surface area contributed by atoms with Crippen LogP contribution in [-0.4, -0.2) is 110 Å². The number of unbranched alkanes of at least 4 members (excludes halogenated alkanes) is 42. The Labute approximate surface area is 510 Å². The van der Waals surface area contributed by atoms with E-state index in [2.05, 4.69) is 67.8 Å². The third kappa shape index (κ3) is 47.8. The van der Waals surface area contributed by atoms with Crippen LogP contribution in [0.25, 0.3) is 0 Å². The summed E-state index contributed by atoms with van der Waals surface area (Å²) in [6, 6.07) is -1.20. The minimum atomic E-state index is -1.67. The molecule has 0 aromatic rings. The van der Waals surface area contributed by atoms with Crippen LogP contribution < -0.4 is 5.32 Å². The Balaban J connectivity index is 2.20. The summed E-state index contributed by atoms with van der Waals surface area (Å²) in [6.45, 7) is 3.48. The highest BCUT2D eigenvalue weighted by Gasteiger charge is 2.44. The molecule has 0 aromatic heterocycles. The molecule has 0 aromatic carbocycles. The van der Waals surface area contributed by atoms with Crippen molar-refractivity contribution < 1.29 is 50.0 Å². The molecule has 1 heterocycles. The molecule has 0 spiro atoms. The summed E-state index contributed by atoms with van der Waals surface area (Å²) in [4.78, 5) is 13.2. The number of amides is 1. The number of aliphatic hydroxyl groups is 7. The average molecular weight is 1170 g/mol. The third-order valence-electron chi connectivity index (χ3n) is 17.1. The maximum Gasteiger partial charge on any atom is 0.249 e. The van der Waals surface area contributed by atoms with Gasteiger partial charge in [0, 0.05) is 0 Å². The van der Waals surface area contributed by atoms with Crippen molar-refractivity contribution in [1.29, 1.82) is 0 Å². The number of hydrogen-bond acceptors (Lipinski definition) is 10. The maximum absolute atomic E-state index is 13.2. The molecule has 1 amide bonds. The smallest absolute Gasteiger partial charge is 0.249 e. The molecule has 0 saturated carbocycles. The quantitative estimate of drug-likeness (QED) is 0.0215. The lowest BCUT2D eigenvalue weighted by atomic mass is 9.98. The molecule has 1 aliphatic heterocycles. The SMILES string of the molecule is CCCCCCCCCCC/C=C/CC/C=C/CC/C=C/CCCC(O)C(O)C(COC1OC(CO)C(O)C(O)C1O)NC(=O)C(O)CCCCCCCCCCCCCCCCCC/C=C\CCCCCCCCCCCCCCCC. The Morgan fingerprint density at radius 2 is 0.723 bits per heavy atom. The number of hydrogen-bond donors (Lipinski definition) is 8. The molecular weight excluding hydrogens is 1040 g/mol. The first-order valence-electron chi connectivity index (χ1n) is 35.5. The fraction of sp³-hybridized carbons (Fsp3) is 0.875. The lowest BCUT2D eigenvalue weighted by molar-refractivity contribution is -0.303. The van der Waals surface area contributed by atoms with E-state index in [-0.39, 0.29) is 12.8 Å². The number of rotatable bonds is 62. The molecule has 1 aliphatic rings. The van der Waals surface area contributed by atoms with E-state index in [4.69, 9.17) is 9.47 Å². The van der Waals surface area contributed by atoms with Crippen LogP contribution in [0.3, 0.4) is 0 Å². The number of ether oxygens (including phenoxy) is 2. The van der Waals surface area contributed by atoms with Crippen molar-refractivity contribution in [3.05, 3.63) is 48.6 Å². The summed E-state index contributed by atoms with van der Waals surface area (Å²) in [5, 5.41) is 76.4. The van der Waals surface area contributed by atoms with Crippen LogP contribution in [0.5, 0.6) is 0 Å². The highest BCUT2D eigenvalue weighted by molar-refractivity contribution is 5.80. The van der Waals surface area contributed by atoms with Gasteiger partial charge < -0.3 is 50.5 Å². The van der Waals surface area contributed by atoms with Crippen molar-refractivity contribution >= 4 is 5.91 Å². The molecule has 9 unspecified atom stereocenters. The number of carbonyl (C=O) groups is 1. The van der Waals surface area contributed by atoms with E-state index in [1.165, 1.54) is 244 Å². The topological polar surface area (TPSA) is 189 Å². The van der Waals surface area contributed by atoms with Gasteiger partial charge in [-0.25, -0.2) is 0 Å². The third-order valence-corrected chi connectivity index (χ3v) is 17.1. The van der Waals surface area contributed by atoms with E-state index in [0.29, 0.717) is 19.3 Å². The Bertz CT molecular complexity index is 1490. The molecule has 83 heavy (non-hydrogen) atoms. The zero-order valence-electron chi connectivity index (χ0n) is 53.9. The average Bonchev–Trinajstić information content (AvgIpc) is 3.68. The lowest BCUT2D eigenvalue weighted by Gasteiger charge is -2.40. The van der Waals surface area contributed by atoms with E-state index in [1.54, 1.807) is 0 Å². The second-order valence-electron chi connectivity index (χ2n) is 24.9. The number of nitrogens with one attached hydrogen (secondary N) is 1. The molecule has 1 saturated heterocycles. The van der Waals surface area contributed by atoms with Crippen molar-refractivity contribution in [3.63, 3.8) is 0 Å². The van der Waals surface area contributed by atoms with Gasteiger partial charge in [-0.3, -0.25) is 4.79 Å². The second kappa shape index (κ2) is 60.4. The molecular formula is C72H135NO10.